The van der Waals surface area contributed by atoms with E-state index in [1.54, 1.807) is 0 Å². The normalized spacial score (nSPS) is 39.8. The standard InChI is InChI=1S/C16H18O3S/c17-14-13(12-6-2-1-3-7-12)18-16(19-14)10-4-8-15(16)9-5-11-20-15/h1-3,6-7,13H,4-5,8-11H2. The molecule has 3 nitrogen and oxygen atoms in total. The summed E-state index contributed by atoms with van der Waals surface area (Å²) in [6.07, 6.45) is 4.78. The largest absolute Gasteiger partial charge is 0.429 e. The van der Waals surface area contributed by atoms with Gasteiger partial charge in [-0.05, 0) is 37.0 Å². The van der Waals surface area contributed by atoms with Crippen LogP contribution >= 0.6 is 11.8 Å². The molecular formula is C16H18O3S. The summed E-state index contributed by atoms with van der Waals surface area (Å²) in [7, 11) is 0. The fourth-order valence-corrected chi connectivity index (χ4v) is 5.51. The summed E-state index contributed by atoms with van der Waals surface area (Å²) in [5.41, 5.74) is 0.902. The highest BCUT2D eigenvalue weighted by atomic mass is 32.2. The first-order chi connectivity index (χ1) is 9.75. The second kappa shape index (κ2) is 4.50. The first-order valence-corrected chi connectivity index (χ1v) is 8.33. The van der Waals surface area contributed by atoms with Crippen molar-refractivity contribution < 1.29 is 14.3 Å². The van der Waals surface area contributed by atoms with Gasteiger partial charge >= 0.3 is 5.97 Å². The van der Waals surface area contributed by atoms with Gasteiger partial charge in [-0.15, -0.1) is 11.8 Å². The fourth-order valence-electron chi connectivity index (χ4n) is 3.84. The third-order valence-electron chi connectivity index (χ3n) is 4.77. The summed E-state index contributed by atoms with van der Waals surface area (Å²) < 4.78 is 12.1. The molecule has 106 valence electrons. The number of hydrogen-bond donors (Lipinski definition) is 0. The Labute approximate surface area is 123 Å². The van der Waals surface area contributed by atoms with Gasteiger partial charge in [-0.1, -0.05) is 30.3 Å². The van der Waals surface area contributed by atoms with Gasteiger partial charge < -0.3 is 9.47 Å². The summed E-state index contributed by atoms with van der Waals surface area (Å²) in [6, 6.07) is 9.70. The molecule has 1 saturated carbocycles. The topological polar surface area (TPSA) is 35.5 Å². The number of carbonyl (C=O) groups excluding carboxylic acids is 1. The number of esters is 1. The van der Waals surface area contributed by atoms with Crippen molar-refractivity contribution in [2.75, 3.05) is 5.75 Å². The Morgan fingerprint density at radius 2 is 1.90 bits per heavy atom. The molecular weight excluding hydrogens is 272 g/mol. The van der Waals surface area contributed by atoms with Gasteiger partial charge in [0.25, 0.3) is 0 Å². The average molecular weight is 290 g/mol. The second-order valence-electron chi connectivity index (χ2n) is 5.88. The molecule has 20 heavy (non-hydrogen) atoms. The lowest BCUT2D eigenvalue weighted by atomic mass is 9.96. The van der Waals surface area contributed by atoms with Crippen LogP contribution in [0.4, 0.5) is 0 Å². The van der Waals surface area contributed by atoms with Crippen LogP contribution in [0.15, 0.2) is 30.3 Å². The molecule has 4 heteroatoms. The Bertz CT molecular complexity index is 518. The van der Waals surface area contributed by atoms with E-state index in [0.29, 0.717) is 0 Å². The van der Waals surface area contributed by atoms with E-state index in [1.807, 2.05) is 42.1 Å². The van der Waals surface area contributed by atoms with Gasteiger partial charge in [0.15, 0.2) is 6.10 Å². The summed E-state index contributed by atoms with van der Waals surface area (Å²) in [6.45, 7) is 0. The van der Waals surface area contributed by atoms with Gasteiger partial charge in [-0.2, -0.15) is 0 Å². The summed E-state index contributed by atoms with van der Waals surface area (Å²) in [5.74, 6) is 0.259. The third kappa shape index (κ3) is 1.67. The lowest BCUT2D eigenvalue weighted by molar-refractivity contribution is -0.186. The molecule has 2 spiro atoms. The van der Waals surface area contributed by atoms with Gasteiger partial charge in [0.2, 0.25) is 5.79 Å². The molecule has 3 aliphatic rings. The Hall–Kier alpha value is -1.00. The van der Waals surface area contributed by atoms with Crippen molar-refractivity contribution in [2.24, 2.45) is 0 Å². The average Bonchev–Trinajstić information content (AvgIpc) is 3.15. The Balaban J connectivity index is 1.67. The number of hydrogen-bond acceptors (Lipinski definition) is 4. The van der Waals surface area contributed by atoms with Crippen LogP contribution in [-0.2, 0) is 14.3 Å². The van der Waals surface area contributed by atoms with Crippen molar-refractivity contribution in [2.45, 2.75) is 48.7 Å². The molecule has 1 aromatic rings. The van der Waals surface area contributed by atoms with Crippen molar-refractivity contribution in [1.29, 1.82) is 0 Å². The maximum Gasteiger partial charge on any atom is 0.342 e. The predicted octanol–water partition coefficient (Wildman–Crippen LogP) is 3.45. The van der Waals surface area contributed by atoms with Gasteiger partial charge in [-0.25, -0.2) is 4.79 Å². The lowest BCUT2D eigenvalue weighted by Crippen LogP contribution is -2.47. The zero-order valence-electron chi connectivity index (χ0n) is 11.3. The van der Waals surface area contributed by atoms with Crippen LogP contribution in [0.1, 0.15) is 43.8 Å². The van der Waals surface area contributed by atoms with Gasteiger partial charge in [0.1, 0.15) is 0 Å². The molecule has 0 bridgehead atoms. The smallest absolute Gasteiger partial charge is 0.342 e. The fraction of sp³-hybridized carbons (Fsp3) is 0.562. The first-order valence-electron chi connectivity index (χ1n) is 7.34. The van der Waals surface area contributed by atoms with Crippen molar-refractivity contribution in [3.63, 3.8) is 0 Å². The number of ether oxygens (including phenoxy) is 2. The molecule has 0 N–H and O–H groups in total. The predicted molar refractivity (Wildman–Crippen MR) is 77.4 cm³/mol. The minimum absolute atomic E-state index is 0.00614. The maximum absolute atomic E-state index is 12.3. The Morgan fingerprint density at radius 1 is 1.10 bits per heavy atom. The quantitative estimate of drug-likeness (QED) is 0.742. The van der Waals surface area contributed by atoms with E-state index in [2.05, 4.69) is 0 Å². The zero-order chi connectivity index (χ0) is 13.6. The van der Waals surface area contributed by atoms with E-state index in [0.717, 1.165) is 37.0 Å². The van der Waals surface area contributed by atoms with E-state index >= 15 is 0 Å². The minimum Gasteiger partial charge on any atom is -0.429 e. The van der Waals surface area contributed by atoms with Crippen molar-refractivity contribution in [3.8, 4) is 0 Å². The molecule has 4 rings (SSSR count). The molecule has 1 aromatic carbocycles. The molecule has 0 radical (unpaired) electrons. The number of benzene rings is 1. The van der Waals surface area contributed by atoms with Crippen molar-refractivity contribution >= 4 is 17.7 Å². The number of fused-ring (bicyclic) bond motifs is 1. The van der Waals surface area contributed by atoms with Crippen LogP contribution in [0.3, 0.4) is 0 Å². The number of thioether (sulfide) groups is 1. The van der Waals surface area contributed by atoms with Crippen molar-refractivity contribution in [3.05, 3.63) is 35.9 Å². The van der Waals surface area contributed by atoms with E-state index in [9.17, 15) is 4.79 Å². The molecule has 2 saturated heterocycles. The monoisotopic (exact) mass is 290 g/mol. The molecule has 2 aliphatic heterocycles. The Morgan fingerprint density at radius 3 is 2.65 bits per heavy atom. The van der Waals surface area contributed by atoms with E-state index in [1.165, 1.54) is 6.42 Å². The van der Waals surface area contributed by atoms with Crippen LogP contribution in [-0.4, -0.2) is 22.3 Å². The molecule has 0 amide bonds. The number of carbonyl (C=O) groups is 1. The van der Waals surface area contributed by atoms with Gasteiger partial charge in [0.05, 0.1) is 4.75 Å². The zero-order valence-corrected chi connectivity index (χ0v) is 12.2. The number of rotatable bonds is 1. The lowest BCUT2D eigenvalue weighted by Gasteiger charge is -2.37. The van der Waals surface area contributed by atoms with Crippen LogP contribution < -0.4 is 0 Å². The second-order valence-corrected chi connectivity index (χ2v) is 7.36. The van der Waals surface area contributed by atoms with Crippen LogP contribution in [0.25, 0.3) is 0 Å². The molecule has 3 unspecified atom stereocenters. The van der Waals surface area contributed by atoms with Crippen LogP contribution in [0, 0.1) is 0 Å². The van der Waals surface area contributed by atoms with Crippen LogP contribution in [0.5, 0.6) is 0 Å². The van der Waals surface area contributed by atoms with E-state index in [4.69, 9.17) is 9.47 Å². The molecule has 3 fully saturated rings. The van der Waals surface area contributed by atoms with E-state index < -0.39 is 11.9 Å². The first kappa shape index (κ1) is 12.7. The van der Waals surface area contributed by atoms with Crippen LogP contribution in [0.2, 0.25) is 0 Å². The summed E-state index contributed by atoms with van der Waals surface area (Å²) in [5, 5.41) is 0. The SMILES string of the molecule is O=C1OC2(CCCC23CCCS3)OC1c1ccccc1. The van der Waals surface area contributed by atoms with E-state index in [-0.39, 0.29) is 10.7 Å². The van der Waals surface area contributed by atoms with Gasteiger partial charge in [0, 0.05) is 6.42 Å². The summed E-state index contributed by atoms with van der Waals surface area (Å²) >= 11 is 1.95. The highest BCUT2D eigenvalue weighted by molar-refractivity contribution is 8.01. The molecule has 0 aromatic heterocycles. The highest BCUT2D eigenvalue weighted by Crippen LogP contribution is 2.60. The highest BCUT2D eigenvalue weighted by Gasteiger charge is 2.65. The summed E-state index contributed by atoms with van der Waals surface area (Å²) in [4.78, 5) is 12.3. The maximum atomic E-state index is 12.3. The third-order valence-corrected chi connectivity index (χ3v) is 6.54. The molecule has 1 aliphatic carbocycles. The van der Waals surface area contributed by atoms with Crippen molar-refractivity contribution in [1.82, 2.24) is 0 Å². The minimum atomic E-state index is -0.675. The molecule has 2 heterocycles. The molecule has 3 atom stereocenters. The van der Waals surface area contributed by atoms with Gasteiger partial charge in [-0.3, -0.25) is 0 Å². The Kier molecular flexibility index (Phi) is 2.86.